The van der Waals surface area contributed by atoms with Crippen LogP contribution in [0, 0.1) is 28.4 Å². The number of nitriles is 1. The molecule has 4 atom stereocenters. The summed E-state index contributed by atoms with van der Waals surface area (Å²) in [5.41, 5.74) is -2.19. The molecule has 1 saturated heterocycles. The van der Waals surface area contributed by atoms with Crippen molar-refractivity contribution in [2.45, 2.75) is 50.6 Å². The Kier molecular flexibility index (Phi) is 8.06. The lowest BCUT2D eigenvalue weighted by Gasteiger charge is -2.37. The second-order valence-electron chi connectivity index (χ2n) is 10.6. The maximum absolute atomic E-state index is 15.7. The summed E-state index contributed by atoms with van der Waals surface area (Å²) in [5.74, 6) is -4.59. The molecule has 1 fully saturated rings. The maximum Gasteiger partial charge on any atom is 0.345 e. The first-order chi connectivity index (χ1) is 18.3. The van der Waals surface area contributed by atoms with E-state index in [1.165, 1.54) is 42.5 Å². The van der Waals surface area contributed by atoms with Crippen LogP contribution in [-0.4, -0.2) is 29.1 Å². The van der Waals surface area contributed by atoms with E-state index >= 15 is 8.78 Å². The van der Waals surface area contributed by atoms with Crippen LogP contribution in [0.1, 0.15) is 53.9 Å². The number of carboxylic acids is 1. The smallest absolute Gasteiger partial charge is 0.345 e. The van der Waals surface area contributed by atoms with E-state index in [0.717, 1.165) is 17.4 Å². The van der Waals surface area contributed by atoms with E-state index in [4.69, 9.17) is 23.2 Å². The van der Waals surface area contributed by atoms with E-state index in [1.54, 1.807) is 0 Å². The van der Waals surface area contributed by atoms with Crippen LogP contribution in [0.15, 0.2) is 48.5 Å². The summed E-state index contributed by atoms with van der Waals surface area (Å²) in [6.45, 7) is 5.82. The van der Waals surface area contributed by atoms with Gasteiger partial charge in [-0.2, -0.15) is 5.26 Å². The molecule has 2 aromatic carbocycles. The van der Waals surface area contributed by atoms with Crippen LogP contribution in [-0.2, 0) is 10.2 Å². The second kappa shape index (κ2) is 10.9. The molecule has 3 N–H and O–H groups in total. The standard InChI is InChI=1S/C28H25Cl2F2N3O3S/c1-27(2,3)12-20-28(13-33,16-8-7-14(29)11-18(16)31)22(15-5-4-6-17(30)23(15)32)24(34-20)25(36)35-21-10-9-19(39-21)26(37)38/h4-11,20,22,24,34H,12H2,1-3H3,(H,35,36)(H,37,38)/t20-,22-,24+,28-/m1/s1. The molecule has 0 unspecified atom stereocenters. The molecule has 2 heterocycles. The van der Waals surface area contributed by atoms with Crippen molar-refractivity contribution in [2.24, 2.45) is 5.41 Å². The number of carboxylic acid groups (broad SMARTS) is 1. The van der Waals surface area contributed by atoms with E-state index in [-0.39, 0.29) is 36.5 Å². The Morgan fingerprint density at radius 1 is 1.18 bits per heavy atom. The van der Waals surface area contributed by atoms with Gasteiger partial charge in [-0.3, -0.25) is 4.79 Å². The molecular weight excluding hydrogens is 567 g/mol. The van der Waals surface area contributed by atoms with Gasteiger partial charge in [-0.05, 0) is 47.7 Å². The first-order valence-corrected chi connectivity index (χ1v) is 13.6. The monoisotopic (exact) mass is 591 g/mol. The lowest BCUT2D eigenvalue weighted by molar-refractivity contribution is -0.118. The Morgan fingerprint density at radius 2 is 1.90 bits per heavy atom. The lowest BCUT2D eigenvalue weighted by Crippen LogP contribution is -2.44. The van der Waals surface area contributed by atoms with Crippen LogP contribution >= 0.6 is 34.5 Å². The molecule has 3 aromatic rings. The lowest BCUT2D eigenvalue weighted by atomic mass is 9.62. The second-order valence-corrected chi connectivity index (χ2v) is 12.6. The molecule has 1 amide bonds. The van der Waals surface area contributed by atoms with E-state index in [9.17, 15) is 20.0 Å². The van der Waals surface area contributed by atoms with Crippen molar-refractivity contribution in [2.75, 3.05) is 5.32 Å². The molecule has 1 aliphatic heterocycles. The van der Waals surface area contributed by atoms with E-state index in [0.29, 0.717) is 6.42 Å². The molecule has 1 aliphatic rings. The van der Waals surface area contributed by atoms with E-state index in [2.05, 4.69) is 16.7 Å². The fourth-order valence-electron chi connectivity index (χ4n) is 5.28. The average Bonchev–Trinajstić information content (AvgIpc) is 3.43. The molecule has 39 heavy (non-hydrogen) atoms. The third kappa shape index (κ3) is 5.52. The minimum Gasteiger partial charge on any atom is -0.477 e. The molecule has 0 bridgehead atoms. The molecule has 11 heteroatoms. The zero-order valence-electron chi connectivity index (χ0n) is 21.2. The van der Waals surface area contributed by atoms with Crippen molar-refractivity contribution < 1.29 is 23.5 Å². The molecule has 204 valence electrons. The van der Waals surface area contributed by atoms with Crippen molar-refractivity contribution in [3.05, 3.63) is 86.2 Å². The summed E-state index contributed by atoms with van der Waals surface area (Å²) >= 11 is 13.0. The van der Waals surface area contributed by atoms with Crippen molar-refractivity contribution >= 4 is 51.4 Å². The van der Waals surface area contributed by atoms with Gasteiger partial charge in [0.2, 0.25) is 5.91 Å². The highest BCUT2D eigenvalue weighted by atomic mass is 35.5. The highest BCUT2D eigenvalue weighted by Gasteiger charge is 2.61. The highest BCUT2D eigenvalue weighted by molar-refractivity contribution is 7.18. The Morgan fingerprint density at radius 3 is 2.49 bits per heavy atom. The number of nitrogens with one attached hydrogen (secondary N) is 2. The Bertz CT molecular complexity index is 1480. The van der Waals surface area contributed by atoms with E-state index in [1.807, 2.05) is 20.8 Å². The SMILES string of the molecule is CC(C)(C)C[C@H]1N[C@H](C(=O)Nc2ccc(C(=O)O)s2)[C@@H](c2cccc(Cl)c2F)[C@]1(C#N)c1ccc(Cl)cc1F. The number of carbonyl (C=O) groups is 2. The predicted molar refractivity (Wildman–Crippen MR) is 148 cm³/mol. The van der Waals surface area contributed by atoms with Crippen molar-refractivity contribution in [1.29, 1.82) is 5.26 Å². The van der Waals surface area contributed by atoms with Gasteiger partial charge in [0.15, 0.2) is 0 Å². The number of halogens is 4. The van der Waals surface area contributed by atoms with Crippen LogP contribution in [0.3, 0.4) is 0 Å². The summed E-state index contributed by atoms with van der Waals surface area (Å²) in [6, 6.07) is 11.3. The van der Waals surface area contributed by atoms with Crippen LogP contribution in [0.4, 0.5) is 13.8 Å². The molecule has 4 rings (SSSR count). The normalized spacial score (nSPS) is 22.9. The third-order valence-electron chi connectivity index (χ3n) is 6.79. The van der Waals surface area contributed by atoms with Gasteiger partial charge < -0.3 is 15.7 Å². The van der Waals surface area contributed by atoms with Gasteiger partial charge in [-0.15, -0.1) is 11.3 Å². The van der Waals surface area contributed by atoms with Crippen LogP contribution in [0.5, 0.6) is 0 Å². The molecule has 1 aromatic heterocycles. The number of hydrogen-bond acceptors (Lipinski definition) is 5. The molecular formula is C28H25Cl2F2N3O3S. The number of benzene rings is 2. The fourth-order valence-corrected chi connectivity index (χ4v) is 6.36. The number of amides is 1. The topological polar surface area (TPSA) is 102 Å². The minimum absolute atomic E-state index is 0.0160. The van der Waals surface area contributed by atoms with Gasteiger partial charge in [0.05, 0.1) is 22.1 Å². The number of carbonyl (C=O) groups excluding carboxylic acids is 1. The number of thiophene rings is 1. The number of nitrogens with zero attached hydrogens (tertiary/aromatic N) is 1. The Balaban J connectivity index is 1.94. The van der Waals surface area contributed by atoms with Gasteiger partial charge >= 0.3 is 5.97 Å². The zero-order chi connectivity index (χ0) is 28.7. The molecule has 0 spiro atoms. The summed E-state index contributed by atoms with van der Waals surface area (Å²) < 4.78 is 31.3. The average molecular weight is 592 g/mol. The zero-order valence-corrected chi connectivity index (χ0v) is 23.5. The summed E-state index contributed by atoms with van der Waals surface area (Å²) in [4.78, 5) is 25.1. The van der Waals surface area contributed by atoms with Gasteiger partial charge in [0, 0.05) is 22.5 Å². The number of aromatic carboxylic acids is 1. The van der Waals surface area contributed by atoms with Crippen molar-refractivity contribution in [3.63, 3.8) is 0 Å². The summed E-state index contributed by atoms with van der Waals surface area (Å²) in [5, 5.41) is 26.2. The van der Waals surface area contributed by atoms with Crippen LogP contribution in [0.25, 0.3) is 0 Å². The fraction of sp³-hybridized carbons (Fsp3) is 0.321. The first kappa shape index (κ1) is 29.0. The van der Waals surface area contributed by atoms with Gasteiger partial charge in [0.25, 0.3) is 0 Å². The molecule has 0 aliphatic carbocycles. The molecule has 0 radical (unpaired) electrons. The Labute approximate surface area is 238 Å². The van der Waals surface area contributed by atoms with Gasteiger partial charge in [-0.1, -0.05) is 62.2 Å². The summed E-state index contributed by atoms with van der Waals surface area (Å²) in [7, 11) is 0. The van der Waals surface area contributed by atoms with Crippen molar-refractivity contribution in [1.82, 2.24) is 5.32 Å². The molecule has 0 saturated carbocycles. The minimum atomic E-state index is -1.75. The van der Waals surface area contributed by atoms with E-state index < -0.39 is 46.9 Å². The predicted octanol–water partition coefficient (Wildman–Crippen LogP) is 6.99. The first-order valence-electron chi connectivity index (χ1n) is 12.0. The van der Waals surface area contributed by atoms with Crippen molar-refractivity contribution in [3.8, 4) is 6.07 Å². The molecule has 6 nitrogen and oxygen atoms in total. The number of hydrogen-bond donors (Lipinski definition) is 3. The van der Waals surface area contributed by atoms with Crippen LogP contribution in [0.2, 0.25) is 10.0 Å². The quantitative estimate of drug-likeness (QED) is 0.286. The van der Waals surface area contributed by atoms with Crippen LogP contribution < -0.4 is 10.6 Å². The van der Waals surface area contributed by atoms with Gasteiger partial charge in [0.1, 0.15) is 21.9 Å². The Hall–Kier alpha value is -3.03. The highest BCUT2D eigenvalue weighted by Crippen LogP contribution is 2.53. The largest absolute Gasteiger partial charge is 0.477 e. The number of rotatable bonds is 6. The third-order valence-corrected chi connectivity index (χ3v) is 8.31. The summed E-state index contributed by atoms with van der Waals surface area (Å²) in [6.07, 6.45) is 0.327. The number of anilines is 1. The van der Waals surface area contributed by atoms with Gasteiger partial charge in [-0.25, -0.2) is 13.6 Å². The maximum atomic E-state index is 15.7.